The minimum Gasteiger partial charge on any atom is -0.300 e. The molecule has 3 rings (SSSR count). The maximum absolute atomic E-state index is 13.0. The summed E-state index contributed by atoms with van der Waals surface area (Å²) in [4.78, 5) is 0. The molecule has 1 aliphatic carbocycles. The van der Waals surface area contributed by atoms with Gasteiger partial charge in [0.05, 0.1) is 6.04 Å². The van der Waals surface area contributed by atoms with Gasteiger partial charge in [0.15, 0.2) is 0 Å². The Labute approximate surface area is 89.0 Å². The van der Waals surface area contributed by atoms with Gasteiger partial charge in [0, 0.05) is 6.54 Å². The van der Waals surface area contributed by atoms with Crippen LogP contribution in [0.5, 0.6) is 0 Å². The van der Waals surface area contributed by atoms with E-state index in [1.165, 1.54) is 24.0 Å². The fourth-order valence-corrected chi connectivity index (χ4v) is 2.27. The Morgan fingerprint density at radius 3 is 2.47 bits per heavy atom. The van der Waals surface area contributed by atoms with Crippen LogP contribution in [0.1, 0.15) is 35.9 Å². The SMILES string of the molecule is FC1=CC(c2ccccc2C2CC2)NC1. The van der Waals surface area contributed by atoms with Crippen molar-refractivity contribution in [2.45, 2.75) is 24.8 Å². The Hall–Kier alpha value is -1.15. The van der Waals surface area contributed by atoms with Crippen LogP contribution in [0, 0.1) is 0 Å². The highest BCUT2D eigenvalue weighted by Gasteiger charge is 2.28. The minimum atomic E-state index is -0.0365. The van der Waals surface area contributed by atoms with Crippen molar-refractivity contribution in [1.82, 2.24) is 5.32 Å². The Bertz CT molecular complexity index is 407. The minimum absolute atomic E-state index is 0.0365. The Balaban J connectivity index is 1.96. The van der Waals surface area contributed by atoms with Crippen molar-refractivity contribution in [2.75, 3.05) is 6.54 Å². The van der Waals surface area contributed by atoms with Crippen molar-refractivity contribution in [2.24, 2.45) is 0 Å². The molecule has 15 heavy (non-hydrogen) atoms. The largest absolute Gasteiger partial charge is 0.300 e. The first kappa shape index (κ1) is 9.10. The number of halogens is 1. The average molecular weight is 203 g/mol. The summed E-state index contributed by atoms with van der Waals surface area (Å²) in [6, 6.07) is 8.49. The monoisotopic (exact) mass is 203 g/mol. The Kier molecular flexibility index (Phi) is 2.10. The van der Waals surface area contributed by atoms with Gasteiger partial charge in [-0.15, -0.1) is 0 Å². The van der Waals surface area contributed by atoms with Crippen molar-refractivity contribution in [1.29, 1.82) is 0 Å². The summed E-state index contributed by atoms with van der Waals surface area (Å²) in [6.07, 6.45) is 4.27. The number of hydrogen-bond acceptors (Lipinski definition) is 1. The topological polar surface area (TPSA) is 12.0 Å². The molecule has 1 aromatic rings. The van der Waals surface area contributed by atoms with E-state index in [9.17, 15) is 4.39 Å². The number of rotatable bonds is 2. The normalized spacial score (nSPS) is 25.4. The van der Waals surface area contributed by atoms with Gasteiger partial charge < -0.3 is 5.32 Å². The highest BCUT2D eigenvalue weighted by molar-refractivity contribution is 5.38. The van der Waals surface area contributed by atoms with Crippen LogP contribution in [0.4, 0.5) is 4.39 Å². The highest BCUT2D eigenvalue weighted by Crippen LogP contribution is 2.43. The van der Waals surface area contributed by atoms with Gasteiger partial charge in [-0.3, -0.25) is 0 Å². The quantitative estimate of drug-likeness (QED) is 0.779. The van der Waals surface area contributed by atoms with Gasteiger partial charge in [0.2, 0.25) is 0 Å². The average Bonchev–Trinajstić information content (AvgIpc) is 3.02. The Morgan fingerprint density at radius 1 is 1.13 bits per heavy atom. The van der Waals surface area contributed by atoms with Crippen molar-refractivity contribution in [3.63, 3.8) is 0 Å². The standard InChI is InChI=1S/C13H14FN/c14-10-7-13(15-8-10)12-4-2-1-3-11(12)9-5-6-9/h1-4,7,9,13,15H,5-6,8H2. The smallest absolute Gasteiger partial charge is 0.112 e. The first-order chi connectivity index (χ1) is 7.34. The van der Waals surface area contributed by atoms with E-state index in [1.54, 1.807) is 6.08 Å². The third kappa shape index (κ3) is 1.70. The zero-order valence-corrected chi connectivity index (χ0v) is 8.54. The van der Waals surface area contributed by atoms with Crippen LogP contribution in [-0.4, -0.2) is 6.54 Å². The molecule has 0 spiro atoms. The summed E-state index contributed by atoms with van der Waals surface area (Å²) in [6.45, 7) is 0.379. The van der Waals surface area contributed by atoms with Gasteiger partial charge in [0.1, 0.15) is 5.83 Å². The van der Waals surface area contributed by atoms with E-state index in [0.29, 0.717) is 6.54 Å². The summed E-state index contributed by atoms with van der Waals surface area (Å²) in [5, 5.41) is 3.18. The number of nitrogens with one attached hydrogen (secondary N) is 1. The number of hydrogen-bond donors (Lipinski definition) is 1. The van der Waals surface area contributed by atoms with Crippen molar-refractivity contribution >= 4 is 0 Å². The maximum Gasteiger partial charge on any atom is 0.112 e. The van der Waals surface area contributed by atoms with E-state index >= 15 is 0 Å². The molecule has 0 aromatic heterocycles. The molecule has 1 saturated carbocycles. The molecular formula is C13H14FN. The third-order valence-corrected chi connectivity index (χ3v) is 3.19. The molecular weight excluding hydrogens is 189 g/mol. The lowest BCUT2D eigenvalue weighted by Crippen LogP contribution is -2.15. The maximum atomic E-state index is 13.0. The fourth-order valence-electron chi connectivity index (χ4n) is 2.27. The molecule has 1 aliphatic heterocycles. The predicted octanol–water partition coefficient (Wildman–Crippen LogP) is 3.06. The van der Waals surface area contributed by atoms with Gasteiger partial charge in [-0.1, -0.05) is 24.3 Å². The fraction of sp³-hybridized carbons (Fsp3) is 0.385. The van der Waals surface area contributed by atoms with Gasteiger partial charge in [0.25, 0.3) is 0 Å². The summed E-state index contributed by atoms with van der Waals surface area (Å²) < 4.78 is 13.0. The van der Waals surface area contributed by atoms with Crippen LogP contribution in [0.3, 0.4) is 0 Å². The molecule has 1 atom stereocenters. The summed E-state index contributed by atoms with van der Waals surface area (Å²) in [5.41, 5.74) is 2.66. The van der Waals surface area contributed by atoms with Crippen molar-refractivity contribution < 1.29 is 4.39 Å². The van der Waals surface area contributed by atoms with E-state index in [-0.39, 0.29) is 11.9 Å². The summed E-state index contributed by atoms with van der Waals surface area (Å²) >= 11 is 0. The molecule has 2 heteroatoms. The van der Waals surface area contributed by atoms with Gasteiger partial charge >= 0.3 is 0 Å². The van der Waals surface area contributed by atoms with E-state index in [4.69, 9.17) is 0 Å². The molecule has 0 bridgehead atoms. The molecule has 1 unspecified atom stereocenters. The predicted molar refractivity (Wildman–Crippen MR) is 58.4 cm³/mol. The molecule has 1 heterocycles. The second-order valence-electron chi connectivity index (χ2n) is 4.38. The third-order valence-electron chi connectivity index (χ3n) is 3.19. The highest BCUT2D eigenvalue weighted by atomic mass is 19.1. The van der Waals surface area contributed by atoms with Crippen LogP contribution < -0.4 is 5.32 Å². The molecule has 1 aromatic carbocycles. The molecule has 1 nitrogen and oxygen atoms in total. The van der Waals surface area contributed by atoms with E-state index in [0.717, 1.165) is 5.92 Å². The zero-order valence-electron chi connectivity index (χ0n) is 8.54. The lowest BCUT2D eigenvalue weighted by molar-refractivity contribution is 0.602. The molecule has 0 radical (unpaired) electrons. The van der Waals surface area contributed by atoms with E-state index in [1.807, 2.05) is 6.07 Å². The first-order valence-corrected chi connectivity index (χ1v) is 5.53. The van der Waals surface area contributed by atoms with E-state index < -0.39 is 0 Å². The molecule has 0 amide bonds. The van der Waals surface area contributed by atoms with Crippen LogP contribution >= 0.6 is 0 Å². The van der Waals surface area contributed by atoms with Crippen LogP contribution in [0.2, 0.25) is 0 Å². The van der Waals surface area contributed by atoms with Crippen molar-refractivity contribution in [3.05, 3.63) is 47.3 Å². The van der Waals surface area contributed by atoms with Crippen LogP contribution in [-0.2, 0) is 0 Å². The number of benzene rings is 1. The van der Waals surface area contributed by atoms with E-state index in [2.05, 4.69) is 23.5 Å². The second kappa shape index (κ2) is 3.46. The lowest BCUT2D eigenvalue weighted by atomic mass is 9.98. The molecule has 0 saturated heterocycles. The van der Waals surface area contributed by atoms with Gasteiger partial charge in [-0.05, 0) is 36.0 Å². The van der Waals surface area contributed by atoms with Crippen LogP contribution in [0.15, 0.2) is 36.2 Å². The van der Waals surface area contributed by atoms with Gasteiger partial charge in [-0.25, -0.2) is 4.39 Å². The van der Waals surface area contributed by atoms with Crippen LogP contribution in [0.25, 0.3) is 0 Å². The molecule has 1 fully saturated rings. The first-order valence-electron chi connectivity index (χ1n) is 5.53. The molecule has 1 N–H and O–H groups in total. The van der Waals surface area contributed by atoms with Gasteiger partial charge in [-0.2, -0.15) is 0 Å². The van der Waals surface area contributed by atoms with Crippen molar-refractivity contribution in [3.8, 4) is 0 Å². The summed E-state index contributed by atoms with van der Waals surface area (Å²) in [7, 11) is 0. The summed E-state index contributed by atoms with van der Waals surface area (Å²) in [5.74, 6) is 0.686. The lowest BCUT2D eigenvalue weighted by Gasteiger charge is -2.14. The molecule has 78 valence electrons. The molecule has 2 aliphatic rings. The second-order valence-corrected chi connectivity index (χ2v) is 4.38. The zero-order chi connectivity index (χ0) is 10.3. The Morgan fingerprint density at radius 2 is 1.87 bits per heavy atom.